The van der Waals surface area contributed by atoms with Gasteiger partial charge in [-0.2, -0.15) is 0 Å². The van der Waals surface area contributed by atoms with E-state index in [1.165, 1.54) is 0 Å². The van der Waals surface area contributed by atoms with Gasteiger partial charge in [0.25, 0.3) is 6.64 Å². The van der Waals surface area contributed by atoms with Crippen LogP contribution >= 0.6 is 6.64 Å². The average Bonchev–Trinajstić information content (AvgIpc) is 2.18. The fourth-order valence-corrected chi connectivity index (χ4v) is 4.51. The van der Waals surface area contributed by atoms with Gasteiger partial charge in [-0.25, -0.2) is 4.67 Å². The van der Waals surface area contributed by atoms with Gasteiger partial charge in [0.05, 0.1) is 19.9 Å². The number of nitrogens with zero attached hydrogens (tertiary/aromatic N) is 2. The van der Waals surface area contributed by atoms with E-state index in [4.69, 9.17) is 20.9 Å². The Morgan fingerprint density at radius 2 is 1.80 bits per heavy atom. The highest BCUT2D eigenvalue weighted by atomic mass is 32.5. The molecule has 1 saturated heterocycles. The zero-order chi connectivity index (χ0) is 11.3. The van der Waals surface area contributed by atoms with Crippen LogP contribution in [0.1, 0.15) is 20.3 Å². The van der Waals surface area contributed by atoms with Crippen LogP contribution in [0.4, 0.5) is 0 Å². The molecular weight excluding hydrogens is 231 g/mol. The molecule has 0 N–H and O–H groups in total. The molecule has 0 amide bonds. The number of hydrogen-bond acceptors (Lipinski definition) is 4. The van der Waals surface area contributed by atoms with Crippen molar-refractivity contribution in [3.63, 3.8) is 0 Å². The molecular formula is C9H21N2O2PS. The Labute approximate surface area is 97.7 Å². The van der Waals surface area contributed by atoms with E-state index >= 15 is 0 Å². The zero-order valence-electron chi connectivity index (χ0n) is 9.81. The molecule has 1 fully saturated rings. The summed E-state index contributed by atoms with van der Waals surface area (Å²) >= 11 is 5.54. The van der Waals surface area contributed by atoms with Crippen molar-refractivity contribution >= 4 is 18.4 Å². The third kappa shape index (κ3) is 3.77. The van der Waals surface area contributed by atoms with Crippen molar-refractivity contribution in [1.29, 1.82) is 0 Å². The van der Waals surface area contributed by atoms with Gasteiger partial charge in [-0.15, -0.1) is 0 Å². The highest BCUT2D eigenvalue weighted by Crippen LogP contribution is 2.52. The molecule has 1 heterocycles. The molecule has 0 saturated carbocycles. The molecule has 0 aliphatic carbocycles. The largest absolute Gasteiger partial charge is 0.318 e. The molecule has 0 radical (unpaired) electrons. The van der Waals surface area contributed by atoms with Gasteiger partial charge < -0.3 is 9.05 Å². The van der Waals surface area contributed by atoms with E-state index in [0.717, 1.165) is 26.2 Å². The molecule has 0 aromatic rings. The van der Waals surface area contributed by atoms with Gasteiger partial charge in [0.2, 0.25) is 0 Å². The summed E-state index contributed by atoms with van der Waals surface area (Å²) in [6, 6.07) is 0. The molecule has 1 aliphatic rings. The fraction of sp³-hybridized carbons (Fsp3) is 1.00. The summed E-state index contributed by atoms with van der Waals surface area (Å²) < 4.78 is 13.5. The lowest BCUT2D eigenvalue weighted by Crippen LogP contribution is -2.41. The lowest BCUT2D eigenvalue weighted by atomic mass is 10.3. The molecule has 1 aliphatic heterocycles. The van der Waals surface area contributed by atoms with Crippen LogP contribution in [0.25, 0.3) is 0 Å². The summed E-state index contributed by atoms with van der Waals surface area (Å²) in [4.78, 5) is 2.25. The second-order valence-corrected chi connectivity index (χ2v) is 7.01. The highest BCUT2D eigenvalue weighted by Gasteiger charge is 2.30. The minimum absolute atomic E-state index is 0.623. The summed E-state index contributed by atoms with van der Waals surface area (Å²) in [6.07, 6.45) is 1.13. The Kier molecular flexibility index (Phi) is 5.68. The predicted octanol–water partition coefficient (Wildman–Crippen LogP) is 1.88. The molecule has 0 atom stereocenters. The van der Waals surface area contributed by atoms with Crippen LogP contribution in [-0.2, 0) is 20.9 Å². The van der Waals surface area contributed by atoms with E-state index in [1.807, 2.05) is 13.8 Å². The average molecular weight is 252 g/mol. The van der Waals surface area contributed by atoms with Gasteiger partial charge in [0, 0.05) is 13.1 Å². The van der Waals surface area contributed by atoms with Crippen molar-refractivity contribution < 1.29 is 9.05 Å². The van der Waals surface area contributed by atoms with Crippen molar-refractivity contribution in [3.8, 4) is 0 Å². The van der Waals surface area contributed by atoms with Crippen molar-refractivity contribution in [2.24, 2.45) is 0 Å². The summed E-state index contributed by atoms with van der Waals surface area (Å²) in [5.74, 6) is 0. The van der Waals surface area contributed by atoms with Crippen molar-refractivity contribution in [3.05, 3.63) is 0 Å². The number of rotatable bonds is 5. The first-order valence-corrected chi connectivity index (χ1v) is 8.04. The van der Waals surface area contributed by atoms with Gasteiger partial charge in [-0.05, 0) is 39.1 Å². The Morgan fingerprint density at radius 1 is 1.20 bits per heavy atom. The van der Waals surface area contributed by atoms with Crippen LogP contribution in [0, 0.1) is 0 Å². The van der Waals surface area contributed by atoms with Gasteiger partial charge in [-0.1, -0.05) is 0 Å². The topological polar surface area (TPSA) is 24.9 Å². The van der Waals surface area contributed by atoms with Crippen LogP contribution < -0.4 is 0 Å². The van der Waals surface area contributed by atoms with Crippen molar-refractivity contribution in [2.45, 2.75) is 20.3 Å². The van der Waals surface area contributed by atoms with Gasteiger partial charge >= 0.3 is 0 Å². The molecule has 15 heavy (non-hydrogen) atoms. The molecule has 4 nitrogen and oxygen atoms in total. The summed E-state index contributed by atoms with van der Waals surface area (Å²) in [6.45, 7) is 5.95. The Bertz CT molecular complexity index is 230. The number of hydrogen-bond donors (Lipinski definition) is 0. The summed E-state index contributed by atoms with van der Waals surface area (Å²) in [5, 5.41) is 0. The second kappa shape index (κ2) is 6.28. The molecule has 0 unspecified atom stereocenters. The van der Waals surface area contributed by atoms with E-state index in [2.05, 4.69) is 16.6 Å². The smallest absolute Gasteiger partial charge is 0.265 e. The Hall–Kier alpha value is 0.490. The molecule has 1 rings (SSSR count). The maximum atomic E-state index is 5.66. The normalized spacial score (nSPS) is 20.7. The first kappa shape index (κ1) is 13.6. The van der Waals surface area contributed by atoms with Gasteiger partial charge in [0.15, 0.2) is 0 Å². The molecule has 90 valence electrons. The Morgan fingerprint density at radius 3 is 2.27 bits per heavy atom. The lowest BCUT2D eigenvalue weighted by Gasteiger charge is -2.39. The lowest BCUT2D eigenvalue weighted by molar-refractivity contribution is 0.135. The van der Waals surface area contributed by atoms with Crippen LogP contribution in [-0.4, -0.2) is 49.6 Å². The standard InChI is InChI=1S/C9H21N2O2PS/c1-4-12-14(15,13-5-2)11-8-6-7-10(3)9-11/h4-9H2,1-3H3. The van der Waals surface area contributed by atoms with Gasteiger partial charge in [-0.3, -0.25) is 4.90 Å². The minimum Gasteiger partial charge on any atom is -0.318 e. The first-order chi connectivity index (χ1) is 7.12. The molecule has 6 heteroatoms. The van der Waals surface area contributed by atoms with E-state index in [0.29, 0.717) is 13.2 Å². The molecule has 0 bridgehead atoms. The second-order valence-electron chi connectivity index (χ2n) is 3.61. The SMILES string of the molecule is CCOP(=S)(OCC)N1CCCN(C)C1. The summed E-state index contributed by atoms with van der Waals surface area (Å²) in [5.41, 5.74) is 0. The van der Waals surface area contributed by atoms with Crippen LogP contribution in [0.15, 0.2) is 0 Å². The van der Waals surface area contributed by atoms with Crippen LogP contribution in [0.2, 0.25) is 0 Å². The van der Waals surface area contributed by atoms with Crippen molar-refractivity contribution in [1.82, 2.24) is 9.57 Å². The third-order valence-corrected chi connectivity index (χ3v) is 5.81. The molecule has 0 spiro atoms. The first-order valence-electron chi connectivity index (χ1n) is 5.45. The van der Waals surface area contributed by atoms with Crippen molar-refractivity contribution in [2.75, 3.05) is 40.0 Å². The molecule has 0 aromatic heterocycles. The maximum Gasteiger partial charge on any atom is 0.265 e. The quantitative estimate of drug-likeness (QED) is 0.696. The minimum atomic E-state index is -2.21. The maximum absolute atomic E-state index is 5.66. The third-order valence-electron chi connectivity index (χ3n) is 2.29. The van der Waals surface area contributed by atoms with E-state index < -0.39 is 6.64 Å². The Balaban J connectivity index is 2.65. The molecule has 0 aromatic carbocycles. The van der Waals surface area contributed by atoms with Gasteiger partial charge in [0.1, 0.15) is 0 Å². The van der Waals surface area contributed by atoms with E-state index in [1.54, 1.807) is 0 Å². The highest BCUT2D eigenvalue weighted by molar-refractivity contribution is 8.08. The zero-order valence-corrected chi connectivity index (χ0v) is 11.5. The van der Waals surface area contributed by atoms with Crippen LogP contribution in [0.3, 0.4) is 0 Å². The summed E-state index contributed by atoms with van der Waals surface area (Å²) in [7, 11) is 2.10. The van der Waals surface area contributed by atoms with E-state index in [-0.39, 0.29) is 0 Å². The van der Waals surface area contributed by atoms with E-state index in [9.17, 15) is 0 Å². The predicted molar refractivity (Wildman–Crippen MR) is 66.4 cm³/mol. The van der Waals surface area contributed by atoms with Crippen LogP contribution in [0.5, 0.6) is 0 Å². The fourth-order valence-electron chi connectivity index (χ4n) is 1.67. The monoisotopic (exact) mass is 252 g/mol.